The molecule has 0 amide bonds. The van der Waals surface area contributed by atoms with Crippen molar-refractivity contribution in [3.05, 3.63) is 41.4 Å². The average molecular weight is 302 g/mol. The van der Waals surface area contributed by atoms with Crippen molar-refractivity contribution in [2.75, 3.05) is 25.1 Å². The summed E-state index contributed by atoms with van der Waals surface area (Å²) in [6.45, 7) is 2.31. The van der Waals surface area contributed by atoms with Gasteiger partial charge in [-0.15, -0.1) is 11.3 Å². The molecule has 1 aliphatic rings. The third-order valence-corrected chi connectivity index (χ3v) is 5.02. The predicted molar refractivity (Wildman–Crippen MR) is 88.4 cm³/mol. The molecule has 1 aromatic carbocycles. The molecule has 2 heterocycles. The van der Waals surface area contributed by atoms with Gasteiger partial charge in [-0.3, -0.25) is 0 Å². The number of anilines is 1. The Morgan fingerprint density at radius 1 is 1.43 bits per heavy atom. The van der Waals surface area contributed by atoms with E-state index in [1.54, 1.807) is 18.4 Å². The van der Waals surface area contributed by atoms with E-state index in [0.717, 1.165) is 31.2 Å². The first kappa shape index (κ1) is 14.4. The van der Waals surface area contributed by atoms with Crippen LogP contribution in [0, 0.1) is 5.92 Å². The van der Waals surface area contributed by atoms with Gasteiger partial charge in [0.1, 0.15) is 5.75 Å². The summed E-state index contributed by atoms with van der Waals surface area (Å²) >= 11 is 1.75. The lowest BCUT2D eigenvalue weighted by Gasteiger charge is -2.32. The van der Waals surface area contributed by atoms with Crippen molar-refractivity contribution < 1.29 is 4.74 Å². The molecule has 112 valence electrons. The van der Waals surface area contributed by atoms with Crippen molar-refractivity contribution in [1.29, 1.82) is 0 Å². The number of nitrogens with zero attached hydrogens (tertiary/aromatic N) is 2. The molecule has 3 rings (SSSR count). The maximum atomic E-state index is 5.30. The smallest absolute Gasteiger partial charge is 0.185 e. The number of aryl methyl sites for hydroxylation is 1. The van der Waals surface area contributed by atoms with E-state index in [1.807, 2.05) is 12.3 Å². The zero-order valence-corrected chi connectivity index (χ0v) is 13.3. The number of thiazole rings is 1. The molecular weight excluding hydrogens is 280 g/mol. The number of benzene rings is 1. The van der Waals surface area contributed by atoms with Crippen LogP contribution >= 0.6 is 11.3 Å². The van der Waals surface area contributed by atoms with Crippen molar-refractivity contribution in [3.8, 4) is 5.75 Å². The number of hydrogen-bond acceptors (Lipinski definition) is 4. The van der Waals surface area contributed by atoms with Gasteiger partial charge >= 0.3 is 0 Å². The minimum Gasteiger partial charge on any atom is -0.497 e. The molecule has 0 unspecified atom stereocenters. The first-order chi connectivity index (χ1) is 10.3. The van der Waals surface area contributed by atoms with Crippen LogP contribution in [0.15, 0.2) is 35.8 Å². The highest BCUT2D eigenvalue weighted by molar-refractivity contribution is 7.13. The molecule has 1 fully saturated rings. The number of hydrogen-bond donors (Lipinski definition) is 0. The third-order valence-electron chi connectivity index (χ3n) is 4.18. The van der Waals surface area contributed by atoms with E-state index in [1.165, 1.54) is 30.0 Å². The number of methoxy groups -OCH3 is 1. The minimum atomic E-state index is 0.772. The second-order valence-corrected chi connectivity index (χ2v) is 6.53. The van der Waals surface area contributed by atoms with Crippen LogP contribution in [0.2, 0.25) is 0 Å². The van der Waals surface area contributed by atoms with Crippen LogP contribution in [0.4, 0.5) is 5.13 Å². The van der Waals surface area contributed by atoms with E-state index >= 15 is 0 Å². The van der Waals surface area contributed by atoms with Gasteiger partial charge in [-0.05, 0) is 49.3 Å². The minimum absolute atomic E-state index is 0.772. The normalized spacial score (nSPS) is 18.7. The third kappa shape index (κ3) is 3.76. The molecule has 0 bridgehead atoms. The molecule has 4 heteroatoms. The van der Waals surface area contributed by atoms with Gasteiger partial charge in [0.25, 0.3) is 0 Å². The lowest BCUT2D eigenvalue weighted by Crippen LogP contribution is -2.35. The Kier molecular flexibility index (Phi) is 4.76. The summed E-state index contributed by atoms with van der Waals surface area (Å²) in [6.07, 6.45) is 6.90. The van der Waals surface area contributed by atoms with E-state index in [2.05, 4.69) is 33.5 Å². The molecular formula is C17H22N2OS. The highest BCUT2D eigenvalue weighted by atomic mass is 32.1. The molecule has 0 N–H and O–H groups in total. The molecule has 2 aromatic rings. The van der Waals surface area contributed by atoms with Crippen LogP contribution in [0.1, 0.15) is 24.8 Å². The number of piperidine rings is 1. The van der Waals surface area contributed by atoms with Gasteiger partial charge in [0.15, 0.2) is 5.13 Å². The quantitative estimate of drug-likeness (QED) is 0.834. The zero-order chi connectivity index (χ0) is 14.5. The van der Waals surface area contributed by atoms with E-state index in [9.17, 15) is 0 Å². The lowest BCUT2D eigenvalue weighted by atomic mass is 9.92. The standard InChI is InChI=1S/C17H22N2OS/c1-20-16-6-2-4-14(12-16)7-8-15-5-3-10-19(13-15)17-18-9-11-21-17/h2,4,6,9,11-12,15H,3,5,7-8,10,13H2,1H3/t15-/m1/s1. The highest BCUT2D eigenvalue weighted by Gasteiger charge is 2.21. The summed E-state index contributed by atoms with van der Waals surface area (Å²) in [4.78, 5) is 6.89. The van der Waals surface area contributed by atoms with Gasteiger partial charge < -0.3 is 9.64 Å². The summed E-state index contributed by atoms with van der Waals surface area (Å²) in [5.41, 5.74) is 1.38. The monoisotopic (exact) mass is 302 g/mol. The molecule has 1 aromatic heterocycles. The van der Waals surface area contributed by atoms with Crippen molar-refractivity contribution >= 4 is 16.5 Å². The second-order valence-electron chi connectivity index (χ2n) is 5.66. The molecule has 0 saturated carbocycles. The van der Waals surface area contributed by atoms with Crippen molar-refractivity contribution in [2.24, 2.45) is 5.92 Å². The number of ether oxygens (including phenoxy) is 1. The van der Waals surface area contributed by atoms with Gasteiger partial charge in [-0.2, -0.15) is 0 Å². The van der Waals surface area contributed by atoms with E-state index < -0.39 is 0 Å². The molecule has 0 spiro atoms. The molecule has 1 saturated heterocycles. The van der Waals surface area contributed by atoms with Crippen LogP contribution in [0.5, 0.6) is 5.75 Å². The van der Waals surface area contributed by atoms with E-state index in [4.69, 9.17) is 4.74 Å². The van der Waals surface area contributed by atoms with Crippen molar-refractivity contribution in [1.82, 2.24) is 4.98 Å². The molecule has 1 aliphatic heterocycles. The highest BCUT2D eigenvalue weighted by Crippen LogP contribution is 2.27. The summed E-state index contributed by atoms with van der Waals surface area (Å²) in [7, 11) is 1.73. The summed E-state index contributed by atoms with van der Waals surface area (Å²) < 4.78 is 5.30. The molecule has 0 radical (unpaired) electrons. The summed E-state index contributed by atoms with van der Waals surface area (Å²) in [6, 6.07) is 8.44. The first-order valence-corrected chi connectivity index (χ1v) is 8.50. The Morgan fingerprint density at radius 3 is 3.19 bits per heavy atom. The SMILES string of the molecule is COc1cccc(CC[C@H]2CCCN(c3nccs3)C2)c1. The molecule has 3 nitrogen and oxygen atoms in total. The van der Waals surface area contributed by atoms with Crippen LogP contribution in [0.25, 0.3) is 0 Å². The Balaban J connectivity index is 1.55. The van der Waals surface area contributed by atoms with Crippen LogP contribution < -0.4 is 9.64 Å². The summed E-state index contributed by atoms with van der Waals surface area (Å²) in [5.74, 6) is 1.73. The fourth-order valence-corrected chi connectivity index (χ4v) is 3.73. The topological polar surface area (TPSA) is 25.4 Å². The molecule has 0 aliphatic carbocycles. The Bertz CT molecular complexity index is 556. The fraction of sp³-hybridized carbons (Fsp3) is 0.471. The Labute approximate surface area is 130 Å². The van der Waals surface area contributed by atoms with Gasteiger partial charge in [0.05, 0.1) is 7.11 Å². The maximum Gasteiger partial charge on any atom is 0.185 e. The van der Waals surface area contributed by atoms with Gasteiger partial charge in [0.2, 0.25) is 0 Å². The number of rotatable bonds is 5. The molecule has 1 atom stereocenters. The summed E-state index contributed by atoms with van der Waals surface area (Å²) in [5, 5.41) is 3.25. The van der Waals surface area contributed by atoms with Crippen LogP contribution in [0.3, 0.4) is 0 Å². The van der Waals surface area contributed by atoms with E-state index in [0.29, 0.717) is 0 Å². The molecule has 21 heavy (non-hydrogen) atoms. The second kappa shape index (κ2) is 6.94. The zero-order valence-electron chi connectivity index (χ0n) is 12.5. The largest absolute Gasteiger partial charge is 0.497 e. The predicted octanol–water partition coefficient (Wildman–Crippen LogP) is 4.00. The van der Waals surface area contributed by atoms with E-state index in [-0.39, 0.29) is 0 Å². The van der Waals surface area contributed by atoms with Gasteiger partial charge in [-0.25, -0.2) is 4.98 Å². The maximum absolute atomic E-state index is 5.30. The van der Waals surface area contributed by atoms with Crippen molar-refractivity contribution in [3.63, 3.8) is 0 Å². The Morgan fingerprint density at radius 2 is 2.38 bits per heavy atom. The van der Waals surface area contributed by atoms with Crippen LogP contribution in [-0.4, -0.2) is 25.2 Å². The fourth-order valence-electron chi connectivity index (χ4n) is 3.05. The first-order valence-electron chi connectivity index (χ1n) is 7.62. The van der Waals surface area contributed by atoms with Crippen LogP contribution in [-0.2, 0) is 6.42 Å². The van der Waals surface area contributed by atoms with Gasteiger partial charge in [-0.1, -0.05) is 12.1 Å². The average Bonchev–Trinajstić information content (AvgIpc) is 3.08. The number of aromatic nitrogens is 1. The lowest BCUT2D eigenvalue weighted by molar-refractivity contribution is 0.390. The Hall–Kier alpha value is -1.55. The van der Waals surface area contributed by atoms with Crippen molar-refractivity contribution in [2.45, 2.75) is 25.7 Å². The van der Waals surface area contributed by atoms with Gasteiger partial charge in [0, 0.05) is 24.7 Å².